The van der Waals surface area contributed by atoms with Crippen molar-refractivity contribution in [1.29, 1.82) is 0 Å². The maximum atomic E-state index is 12.5. The molecular weight excluding hydrogens is 280 g/mol. The molecule has 0 radical (unpaired) electrons. The van der Waals surface area contributed by atoms with Gasteiger partial charge in [-0.1, -0.05) is 13.3 Å². The number of H-pyrrole nitrogens is 1. The molecule has 1 aromatic rings. The summed E-state index contributed by atoms with van der Waals surface area (Å²) in [6.45, 7) is 5.24. The number of aryl methyl sites for hydroxylation is 1. The highest BCUT2D eigenvalue weighted by molar-refractivity contribution is 5.92. The average molecular weight is 306 g/mol. The molecule has 2 aliphatic rings. The van der Waals surface area contributed by atoms with Crippen LogP contribution < -0.4 is 0 Å². The van der Waals surface area contributed by atoms with Crippen LogP contribution in [-0.4, -0.2) is 69.3 Å². The summed E-state index contributed by atoms with van der Waals surface area (Å²) < 4.78 is 0. The largest absolute Gasteiger partial charge is 0.391 e. The molecule has 2 unspecified atom stereocenters. The number of rotatable bonds is 4. The zero-order valence-electron chi connectivity index (χ0n) is 13.3. The summed E-state index contributed by atoms with van der Waals surface area (Å²) >= 11 is 0. The number of carbonyl (C=O) groups is 1. The molecule has 2 fully saturated rings. The van der Waals surface area contributed by atoms with Crippen molar-refractivity contribution in [2.45, 2.75) is 51.2 Å². The lowest BCUT2D eigenvalue weighted by Gasteiger charge is -2.38. The molecule has 1 aliphatic carbocycles. The molecule has 6 heteroatoms. The smallest absolute Gasteiger partial charge is 0.274 e. The molecule has 2 atom stereocenters. The van der Waals surface area contributed by atoms with E-state index < -0.39 is 0 Å². The van der Waals surface area contributed by atoms with Gasteiger partial charge in [-0.25, -0.2) is 0 Å². The van der Waals surface area contributed by atoms with Gasteiger partial charge in [0.1, 0.15) is 5.69 Å². The van der Waals surface area contributed by atoms with E-state index in [0.29, 0.717) is 11.7 Å². The van der Waals surface area contributed by atoms with Crippen LogP contribution in [0.5, 0.6) is 0 Å². The lowest BCUT2D eigenvalue weighted by atomic mass is 10.1. The number of hydrogen-bond donors (Lipinski definition) is 2. The fraction of sp³-hybridized carbons (Fsp3) is 0.750. The van der Waals surface area contributed by atoms with E-state index in [0.717, 1.165) is 64.0 Å². The van der Waals surface area contributed by atoms with Crippen molar-refractivity contribution < 1.29 is 9.90 Å². The zero-order chi connectivity index (χ0) is 15.5. The molecule has 6 nitrogen and oxygen atoms in total. The van der Waals surface area contributed by atoms with E-state index in [4.69, 9.17) is 0 Å². The van der Waals surface area contributed by atoms with Gasteiger partial charge in [0.25, 0.3) is 5.91 Å². The third-order valence-corrected chi connectivity index (χ3v) is 4.88. The number of nitrogens with one attached hydrogen (secondary N) is 1. The molecule has 1 amide bonds. The van der Waals surface area contributed by atoms with Crippen LogP contribution in [0.4, 0.5) is 0 Å². The Bertz CT molecular complexity index is 508. The van der Waals surface area contributed by atoms with Crippen molar-refractivity contribution in [3.63, 3.8) is 0 Å². The number of aliphatic hydroxyl groups excluding tert-OH is 1. The minimum absolute atomic E-state index is 0.0187. The van der Waals surface area contributed by atoms with Crippen molar-refractivity contribution in [2.24, 2.45) is 0 Å². The van der Waals surface area contributed by atoms with Crippen LogP contribution in [0.2, 0.25) is 0 Å². The van der Waals surface area contributed by atoms with Gasteiger partial charge in [-0.2, -0.15) is 5.10 Å². The van der Waals surface area contributed by atoms with Gasteiger partial charge >= 0.3 is 0 Å². The van der Waals surface area contributed by atoms with Crippen molar-refractivity contribution in [3.8, 4) is 0 Å². The summed E-state index contributed by atoms with van der Waals surface area (Å²) in [4.78, 5) is 16.7. The lowest BCUT2D eigenvalue weighted by Crippen LogP contribution is -2.53. The highest BCUT2D eigenvalue weighted by Gasteiger charge is 2.33. The first kappa shape index (κ1) is 15.5. The first-order chi connectivity index (χ1) is 10.7. The number of nitrogens with zero attached hydrogens (tertiary/aromatic N) is 3. The summed E-state index contributed by atoms with van der Waals surface area (Å²) in [5.74, 6) is 0.0187. The maximum absolute atomic E-state index is 12.5. The van der Waals surface area contributed by atoms with E-state index in [9.17, 15) is 9.90 Å². The molecule has 3 rings (SSSR count). The lowest BCUT2D eigenvalue weighted by molar-refractivity contribution is 0.0313. The quantitative estimate of drug-likeness (QED) is 0.871. The van der Waals surface area contributed by atoms with Gasteiger partial charge in [-0.05, 0) is 31.7 Å². The third-order valence-electron chi connectivity index (χ3n) is 4.88. The highest BCUT2D eigenvalue weighted by atomic mass is 16.3. The summed E-state index contributed by atoms with van der Waals surface area (Å²) in [5, 5.41) is 17.1. The van der Waals surface area contributed by atoms with Gasteiger partial charge in [0.15, 0.2) is 0 Å². The molecule has 2 N–H and O–H groups in total. The van der Waals surface area contributed by atoms with E-state index in [1.807, 2.05) is 11.0 Å². The second-order valence-corrected chi connectivity index (χ2v) is 6.42. The van der Waals surface area contributed by atoms with Gasteiger partial charge in [0.05, 0.1) is 6.10 Å². The third kappa shape index (κ3) is 3.17. The Morgan fingerprint density at radius 1 is 1.36 bits per heavy atom. The molecule has 0 spiro atoms. The zero-order valence-corrected chi connectivity index (χ0v) is 13.3. The van der Waals surface area contributed by atoms with Crippen molar-refractivity contribution in [2.75, 3.05) is 26.2 Å². The monoisotopic (exact) mass is 306 g/mol. The van der Waals surface area contributed by atoms with Gasteiger partial charge in [0.2, 0.25) is 0 Å². The Morgan fingerprint density at radius 3 is 2.77 bits per heavy atom. The van der Waals surface area contributed by atoms with E-state index in [1.54, 1.807) is 0 Å². The number of carbonyl (C=O) groups excluding carboxylic acids is 1. The Labute approximate surface area is 131 Å². The molecule has 1 saturated heterocycles. The Balaban J connectivity index is 1.55. The van der Waals surface area contributed by atoms with Gasteiger partial charge in [-0.15, -0.1) is 0 Å². The average Bonchev–Trinajstić information content (AvgIpc) is 3.16. The number of hydrogen-bond acceptors (Lipinski definition) is 4. The SMILES string of the molecule is CCCc1cc(C(=O)N2CCN(C3CCCC3O)CC2)n[nH]1. The Kier molecular flexibility index (Phi) is 4.78. The van der Waals surface area contributed by atoms with Gasteiger partial charge in [0, 0.05) is 37.9 Å². The van der Waals surface area contributed by atoms with Gasteiger partial charge in [-0.3, -0.25) is 14.8 Å². The van der Waals surface area contributed by atoms with Crippen LogP contribution in [0, 0.1) is 0 Å². The number of aromatic nitrogens is 2. The summed E-state index contributed by atoms with van der Waals surface area (Å²) in [7, 11) is 0. The first-order valence-corrected chi connectivity index (χ1v) is 8.44. The van der Waals surface area contributed by atoms with Crippen molar-refractivity contribution in [3.05, 3.63) is 17.5 Å². The highest BCUT2D eigenvalue weighted by Crippen LogP contribution is 2.25. The Morgan fingerprint density at radius 2 is 2.14 bits per heavy atom. The summed E-state index contributed by atoms with van der Waals surface area (Å²) in [6.07, 6.45) is 4.88. The minimum atomic E-state index is -0.190. The van der Waals surface area contributed by atoms with Gasteiger partial charge < -0.3 is 10.0 Å². The second kappa shape index (κ2) is 6.79. The number of aromatic amines is 1. The normalized spacial score (nSPS) is 26.5. The Hall–Kier alpha value is -1.40. The molecule has 22 heavy (non-hydrogen) atoms. The van der Waals surface area contributed by atoms with E-state index in [2.05, 4.69) is 22.0 Å². The predicted octanol–water partition coefficient (Wildman–Crippen LogP) is 1.03. The molecular formula is C16H26N4O2. The van der Waals surface area contributed by atoms with Crippen LogP contribution in [-0.2, 0) is 6.42 Å². The summed E-state index contributed by atoms with van der Waals surface area (Å²) in [6, 6.07) is 2.16. The molecule has 1 saturated carbocycles. The minimum Gasteiger partial charge on any atom is -0.391 e. The van der Waals surface area contributed by atoms with Crippen LogP contribution in [0.15, 0.2) is 6.07 Å². The maximum Gasteiger partial charge on any atom is 0.274 e. The van der Waals surface area contributed by atoms with E-state index >= 15 is 0 Å². The molecule has 122 valence electrons. The molecule has 2 heterocycles. The number of amides is 1. The molecule has 1 aliphatic heterocycles. The van der Waals surface area contributed by atoms with Crippen LogP contribution in [0.25, 0.3) is 0 Å². The summed E-state index contributed by atoms with van der Waals surface area (Å²) in [5.41, 5.74) is 1.55. The van der Waals surface area contributed by atoms with Crippen molar-refractivity contribution >= 4 is 5.91 Å². The topological polar surface area (TPSA) is 72.5 Å². The fourth-order valence-corrected chi connectivity index (χ4v) is 3.63. The fourth-order valence-electron chi connectivity index (χ4n) is 3.63. The predicted molar refractivity (Wildman–Crippen MR) is 83.7 cm³/mol. The van der Waals surface area contributed by atoms with Crippen LogP contribution in [0.1, 0.15) is 48.8 Å². The number of aliphatic hydroxyl groups is 1. The second-order valence-electron chi connectivity index (χ2n) is 6.42. The first-order valence-electron chi connectivity index (χ1n) is 8.44. The molecule has 0 bridgehead atoms. The van der Waals surface area contributed by atoms with Crippen LogP contribution >= 0.6 is 0 Å². The van der Waals surface area contributed by atoms with E-state index in [1.165, 1.54) is 0 Å². The molecule has 0 aromatic carbocycles. The molecule has 1 aromatic heterocycles. The number of piperazine rings is 1. The van der Waals surface area contributed by atoms with Crippen molar-refractivity contribution in [1.82, 2.24) is 20.0 Å². The standard InChI is InChI=1S/C16H26N4O2/c1-2-4-12-11-13(18-17-12)16(22)20-9-7-19(8-10-20)14-5-3-6-15(14)21/h11,14-15,21H,2-10H2,1H3,(H,17,18). The van der Waals surface area contributed by atoms with Crippen LogP contribution in [0.3, 0.4) is 0 Å². The van der Waals surface area contributed by atoms with E-state index in [-0.39, 0.29) is 12.0 Å².